The third-order valence-electron chi connectivity index (χ3n) is 4.85. The number of nitrogens with two attached hydrogens (primary N) is 1. The van der Waals surface area contributed by atoms with Crippen molar-refractivity contribution in [2.24, 2.45) is 11.7 Å². The molecule has 0 aromatic rings. The second kappa shape index (κ2) is 14.0. The minimum atomic E-state index is -1.43. The molecule has 0 heterocycles. The van der Waals surface area contributed by atoms with E-state index < -0.39 is 17.4 Å². The molecule has 7 nitrogen and oxygen atoms in total. The van der Waals surface area contributed by atoms with Gasteiger partial charge in [0.1, 0.15) is 5.54 Å². The Labute approximate surface area is 168 Å². The molecule has 0 rings (SSSR count). The van der Waals surface area contributed by atoms with E-state index in [0.717, 1.165) is 6.42 Å². The third kappa shape index (κ3) is 9.60. The fraction of sp³-hybridized carbons (Fsp3) is 0.789. The molecule has 0 aliphatic rings. The molecular formula is C19H37N3O4S. The van der Waals surface area contributed by atoms with Crippen LogP contribution in [0.5, 0.6) is 0 Å². The van der Waals surface area contributed by atoms with Crippen molar-refractivity contribution in [1.29, 1.82) is 0 Å². The maximum atomic E-state index is 12.3. The van der Waals surface area contributed by atoms with Crippen LogP contribution in [0, 0.1) is 5.92 Å². The highest BCUT2D eigenvalue weighted by Gasteiger charge is 2.38. The normalized spacial score (nSPS) is 17.3. The molecule has 0 aliphatic heterocycles. The highest BCUT2D eigenvalue weighted by Crippen LogP contribution is 2.18. The van der Waals surface area contributed by atoms with Crippen LogP contribution >= 0.6 is 12.6 Å². The number of hydrogen-bond donors (Lipinski definition) is 6. The zero-order valence-electron chi connectivity index (χ0n) is 16.8. The summed E-state index contributed by atoms with van der Waals surface area (Å²) in [7, 11) is 0. The molecule has 0 aliphatic carbocycles. The molecule has 0 bridgehead atoms. The maximum Gasteiger partial charge on any atom is 0.329 e. The molecule has 0 aromatic heterocycles. The van der Waals surface area contributed by atoms with Gasteiger partial charge in [0, 0.05) is 37.4 Å². The first kappa shape index (κ1) is 25.9. The molecule has 0 spiro atoms. The van der Waals surface area contributed by atoms with Crippen LogP contribution in [0.1, 0.15) is 52.9 Å². The molecule has 6 N–H and O–H groups in total. The first-order valence-corrected chi connectivity index (χ1v) is 10.3. The Morgan fingerprint density at radius 3 is 2.44 bits per heavy atom. The number of carboxylic acids is 1. The molecule has 0 saturated heterocycles. The molecule has 27 heavy (non-hydrogen) atoms. The molecule has 8 heteroatoms. The summed E-state index contributed by atoms with van der Waals surface area (Å²) in [5.74, 6) is -0.593. The Balaban J connectivity index is 4.91. The van der Waals surface area contributed by atoms with Gasteiger partial charge in [-0.05, 0) is 24.8 Å². The molecule has 158 valence electrons. The summed E-state index contributed by atoms with van der Waals surface area (Å²) in [5.41, 5.74) is 4.47. The van der Waals surface area contributed by atoms with Crippen molar-refractivity contribution in [3.05, 3.63) is 12.2 Å². The zero-order valence-corrected chi connectivity index (χ0v) is 17.7. The van der Waals surface area contributed by atoms with Gasteiger partial charge in [0.25, 0.3) is 0 Å². The number of aliphatic hydroxyl groups is 1. The van der Waals surface area contributed by atoms with E-state index in [1.54, 1.807) is 6.08 Å². The van der Waals surface area contributed by atoms with Gasteiger partial charge in [-0.3, -0.25) is 4.79 Å². The zero-order chi connectivity index (χ0) is 20.9. The van der Waals surface area contributed by atoms with Crippen LogP contribution in [0.15, 0.2) is 12.2 Å². The van der Waals surface area contributed by atoms with Crippen LogP contribution < -0.4 is 16.4 Å². The molecule has 0 unspecified atom stereocenters. The Bertz CT molecular complexity index is 468. The van der Waals surface area contributed by atoms with Gasteiger partial charge in [-0.1, -0.05) is 39.7 Å². The number of carboxylic acid groups (broad SMARTS) is 1. The smallest absolute Gasteiger partial charge is 0.329 e. The van der Waals surface area contributed by atoms with Crippen LogP contribution in [-0.4, -0.2) is 58.6 Å². The first-order chi connectivity index (χ1) is 12.8. The predicted molar refractivity (Wildman–Crippen MR) is 112 cm³/mol. The summed E-state index contributed by atoms with van der Waals surface area (Å²) in [6.45, 7) is 6.43. The molecule has 4 atom stereocenters. The summed E-state index contributed by atoms with van der Waals surface area (Å²) in [6.07, 6.45) is 5.58. The summed E-state index contributed by atoms with van der Waals surface area (Å²) < 4.78 is 0. The number of nitrogens with one attached hydrogen (secondary N) is 2. The lowest BCUT2D eigenvalue weighted by Crippen LogP contribution is -2.54. The van der Waals surface area contributed by atoms with Gasteiger partial charge in [0.2, 0.25) is 5.91 Å². The second-order valence-electron chi connectivity index (χ2n) is 7.08. The van der Waals surface area contributed by atoms with Crippen LogP contribution in [0.4, 0.5) is 0 Å². The second-order valence-corrected chi connectivity index (χ2v) is 7.45. The highest BCUT2D eigenvalue weighted by molar-refractivity contribution is 7.80. The van der Waals surface area contributed by atoms with E-state index in [1.807, 2.05) is 6.92 Å². The number of thiol groups is 1. The topological polar surface area (TPSA) is 125 Å². The highest BCUT2D eigenvalue weighted by atomic mass is 32.1. The van der Waals surface area contributed by atoms with Gasteiger partial charge < -0.3 is 26.6 Å². The summed E-state index contributed by atoms with van der Waals surface area (Å²) in [6, 6.07) is 0.137. The van der Waals surface area contributed by atoms with Gasteiger partial charge in [-0.25, -0.2) is 4.79 Å². The SMILES string of the molecule is CCC[C@](CCO)(NC(=O)C=CC[C@H](NC[C@@H](N)CS)[C@@H](C)CC)C(=O)O. The van der Waals surface area contributed by atoms with E-state index in [4.69, 9.17) is 5.73 Å². The first-order valence-electron chi connectivity index (χ1n) is 9.69. The Hall–Kier alpha value is -1.09. The molecule has 0 saturated carbocycles. The van der Waals surface area contributed by atoms with Crippen LogP contribution in [0.2, 0.25) is 0 Å². The average molecular weight is 404 g/mol. The Kier molecular flexibility index (Phi) is 13.4. The van der Waals surface area contributed by atoms with Crippen molar-refractivity contribution in [1.82, 2.24) is 10.6 Å². The van der Waals surface area contributed by atoms with Crippen LogP contribution in [0.25, 0.3) is 0 Å². The Morgan fingerprint density at radius 1 is 1.30 bits per heavy atom. The van der Waals surface area contributed by atoms with Gasteiger partial charge in [0.05, 0.1) is 0 Å². The Morgan fingerprint density at radius 2 is 1.96 bits per heavy atom. The van der Waals surface area contributed by atoms with Gasteiger partial charge in [-0.15, -0.1) is 0 Å². The van der Waals surface area contributed by atoms with Gasteiger partial charge >= 0.3 is 5.97 Å². The monoisotopic (exact) mass is 403 g/mol. The summed E-state index contributed by atoms with van der Waals surface area (Å²) in [5, 5.41) is 24.7. The van der Waals surface area contributed by atoms with Gasteiger partial charge in [-0.2, -0.15) is 12.6 Å². The number of aliphatic carboxylic acids is 1. The van der Waals surface area contributed by atoms with Crippen molar-refractivity contribution < 1.29 is 19.8 Å². The average Bonchev–Trinajstić information content (AvgIpc) is 2.63. The maximum absolute atomic E-state index is 12.3. The predicted octanol–water partition coefficient (Wildman–Crippen LogP) is 1.32. The minimum Gasteiger partial charge on any atom is -0.480 e. The van der Waals surface area contributed by atoms with E-state index in [-0.39, 0.29) is 31.5 Å². The lowest BCUT2D eigenvalue weighted by Gasteiger charge is -2.29. The summed E-state index contributed by atoms with van der Waals surface area (Å²) in [4.78, 5) is 23.9. The number of carbonyl (C=O) groups excluding carboxylic acids is 1. The van der Waals surface area contributed by atoms with Crippen molar-refractivity contribution >= 4 is 24.5 Å². The van der Waals surface area contributed by atoms with Crippen molar-refractivity contribution in [3.8, 4) is 0 Å². The van der Waals surface area contributed by atoms with E-state index in [2.05, 4.69) is 37.1 Å². The fourth-order valence-electron chi connectivity index (χ4n) is 2.90. The molecular weight excluding hydrogens is 366 g/mol. The lowest BCUT2D eigenvalue weighted by atomic mass is 9.90. The third-order valence-corrected chi connectivity index (χ3v) is 5.32. The van der Waals surface area contributed by atoms with Crippen LogP contribution in [0.3, 0.4) is 0 Å². The largest absolute Gasteiger partial charge is 0.480 e. The lowest BCUT2D eigenvalue weighted by molar-refractivity contribution is -0.148. The van der Waals surface area contributed by atoms with E-state index >= 15 is 0 Å². The molecule has 0 aromatic carbocycles. The number of amides is 1. The van der Waals surface area contributed by atoms with Crippen LogP contribution in [-0.2, 0) is 9.59 Å². The van der Waals surface area contributed by atoms with Crippen molar-refractivity contribution in [2.45, 2.75) is 70.5 Å². The molecule has 1 amide bonds. The number of carbonyl (C=O) groups is 2. The van der Waals surface area contributed by atoms with E-state index in [1.165, 1.54) is 6.08 Å². The van der Waals surface area contributed by atoms with Crippen molar-refractivity contribution in [2.75, 3.05) is 18.9 Å². The molecule has 0 fully saturated rings. The number of hydrogen-bond acceptors (Lipinski definition) is 6. The summed E-state index contributed by atoms with van der Waals surface area (Å²) >= 11 is 4.18. The molecule has 0 radical (unpaired) electrons. The standard InChI is InChI=1S/C19H37N3O4S/c1-4-9-19(10-11-23,18(25)26)22-17(24)8-6-7-16(14(3)5-2)21-12-15(20)13-27/h6,8,14-16,21,23,27H,4-5,7,9-13,20H2,1-3H3,(H,22,24)(H,25,26)/t14-,15+,16-,19+/m0/s1. The minimum absolute atomic E-state index is 0.0194. The van der Waals surface area contributed by atoms with E-state index in [9.17, 15) is 19.8 Å². The van der Waals surface area contributed by atoms with Gasteiger partial charge in [0.15, 0.2) is 0 Å². The fourth-order valence-corrected chi connectivity index (χ4v) is 3.03. The quantitative estimate of drug-likeness (QED) is 0.181. The number of rotatable bonds is 15. The number of aliphatic hydroxyl groups excluding tert-OH is 1. The van der Waals surface area contributed by atoms with E-state index in [0.29, 0.717) is 31.1 Å². The van der Waals surface area contributed by atoms with Crippen molar-refractivity contribution in [3.63, 3.8) is 0 Å².